The molecule has 0 unspecified atom stereocenters. The summed E-state index contributed by atoms with van der Waals surface area (Å²) in [6, 6.07) is 13.1. The Labute approximate surface area is 141 Å². The molecule has 24 heavy (non-hydrogen) atoms. The minimum absolute atomic E-state index is 0.328. The Morgan fingerprint density at radius 1 is 1.12 bits per heavy atom. The summed E-state index contributed by atoms with van der Waals surface area (Å²) in [5.41, 5.74) is 6.67. The number of benzene rings is 2. The third kappa shape index (κ3) is 4.55. The number of nitrogens with two attached hydrogens (primary N) is 1. The summed E-state index contributed by atoms with van der Waals surface area (Å²) in [7, 11) is 0. The summed E-state index contributed by atoms with van der Waals surface area (Å²) >= 11 is 0. The van der Waals surface area contributed by atoms with E-state index in [2.05, 4.69) is 0 Å². The molecular weight excluding hydrogens is 309 g/mol. The molecule has 0 saturated carbocycles. The van der Waals surface area contributed by atoms with Gasteiger partial charge in [0.2, 0.25) is 0 Å². The van der Waals surface area contributed by atoms with Crippen LogP contribution in [0.5, 0.6) is 5.75 Å². The molecule has 0 fully saturated rings. The maximum absolute atomic E-state index is 14.4. The van der Waals surface area contributed by atoms with Crippen LogP contribution >= 0.6 is 0 Å². The molecule has 0 saturated heterocycles. The van der Waals surface area contributed by atoms with E-state index in [4.69, 9.17) is 15.2 Å². The third-order valence-corrected chi connectivity index (χ3v) is 3.57. The molecule has 0 aliphatic rings. The minimum atomic E-state index is -0.782. The molecule has 0 heterocycles. The number of hydrogen-bond acceptors (Lipinski definition) is 4. The van der Waals surface area contributed by atoms with Crippen LogP contribution in [0.25, 0.3) is 0 Å². The van der Waals surface area contributed by atoms with Crippen LogP contribution in [0.2, 0.25) is 0 Å². The van der Waals surface area contributed by atoms with Crippen LogP contribution in [0, 0.1) is 12.7 Å². The van der Waals surface area contributed by atoms with Crippen LogP contribution in [-0.2, 0) is 9.53 Å². The fraction of sp³-hybridized carbons (Fsp3) is 0.316. The molecule has 2 aromatic rings. The van der Waals surface area contributed by atoms with Gasteiger partial charge in [-0.2, -0.15) is 0 Å². The summed E-state index contributed by atoms with van der Waals surface area (Å²) in [5.74, 6) is -0.400. The summed E-state index contributed by atoms with van der Waals surface area (Å²) in [5, 5.41) is 0. The zero-order chi connectivity index (χ0) is 17.7. The Hall–Kier alpha value is -2.40. The Kier molecular flexibility index (Phi) is 5.93. The van der Waals surface area contributed by atoms with E-state index >= 15 is 0 Å². The Bertz CT molecular complexity index is 688. The topological polar surface area (TPSA) is 61.5 Å². The van der Waals surface area contributed by atoms with E-state index in [1.807, 2.05) is 18.2 Å². The van der Waals surface area contributed by atoms with E-state index in [1.165, 1.54) is 13.0 Å². The highest BCUT2D eigenvalue weighted by Gasteiger charge is 2.28. The highest BCUT2D eigenvalue weighted by molar-refractivity contribution is 5.75. The van der Waals surface area contributed by atoms with E-state index in [0.29, 0.717) is 11.3 Å². The zero-order valence-electron chi connectivity index (χ0n) is 14.0. The average molecular weight is 331 g/mol. The normalized spacial score (nSPS) is 14.5. The second-order valence-electron chi connectivity index (χ2n) is 5.81. The van der Waals surface area contributed by atoms with Gasteiger partial charge in [0.25, 0.3) is 0 Å². The summed E-state index contributed by atoms with van der Waals surface area (Å²) in [6.45, 7) is 5.00. The number of hydrogen-bond donors (Lipinski definition) is 1. The molecule has 2 aromatic carbocycles. The van der Waals surface area contributed by atoms with E-state index in [0.717, 1.165) is 5.56 Å². The lowest BCUT2D eigenvalue weighted by atomic mass is 10.0. The van der Waals surface area contributed by atoms with E-state index in [9.17, 15) is 9.18 Å². The number of ether oxygens (including phenoxy) is 2. The molecule has 0 radical (unpaired) electrons. The molecule has 0 spiro atoms. The first-order valence-corrected chi connectivity index (χ1v) is 7.82. The van der Waals surface area contributed by atoms with Gasteiger partial charge in [0.1, 0.15) is 23.7 Å². The molecule has 4 nitrogen and oxygen atoms in total. The highest BCUT2D eigenvalue weighted by atomic mass is 19.1. The first-order valence-electron chi connectivity index (χ1n) is 7.82. The molecule has 2 rings (SSSR count). The summed E-state index contributed by atoms with van der Waals surface area (Å²) < 4.78 is 25.7. The van der Waals surface area contributed by atoms with Gasteiger partial charge in [-0.05, 0) is 44.5 Å². The number of esters is 1. The number of rotatable bonds is 6. The predicted octanol–water partition coefficient (Wildman–Crippen LogP) is 3.53. The van der Waals surface area contributed by atoms with Gasteiger partial charge in [0.15, 0.2) is 6.10 Å². The number of para-hydroxylation sites is 1. The molecule has 0 aliphatic carbocycles. The summed E-state index contributed by atoms with van der Waals surface area (Å²) in [6.07, 6.45) is -1.49. The second kappa shape index (κ2) is 7.93. The van der Waals surface area contributed by atoms with Crippen molar-refractivity contribution >= 4 is 5.97 Å². The first kappa shape index (κ1) is 17.9. The van der Waals surface area contributed by atoms with Crippen molar-refractivity contribution in [2.45, 2.75) is 39.0 Å². The molecule has 3 atom stereocenters. The van der Waals surface area contributed by atoms with Crippen molar-refractivity contribution in [2.24, 2.45) is 5.73 Å². The van der Waals surface area contributed by atoms with Gasteiger partial charge in [-0.25, -0.2) is 4.39 Å². The molecule has 0 bridgehead atoms. The van der Waals surface area contributed by atoms with Crippen molar-refractivity contribution in [1.82, 2.24) is 0 Å². The maximum Gasteiger partial charge on any atom is 0.323 e. The Morgan fingerprint density at radius 3 is 2.38 bits per heavy atom. The monoisotopic (exact) mass is 331 g/mol. The number of halogens is 1. The fourth-order valence-corrected chi connectivity index (χ4v) is 2.27. The lowest BCUT2D eigenvalue weighted by Crippen LogP contribution is -2.35. The molecule has 5 heteroatoms. The Balaban J connectivity index is 2.31. The molecule has 0 aromatic heterocycles. The zero-order valence-corrected chi connectivity index (χ0v) is 14.0. The van der Waals surface area contributed by atoms with Crippen LogP contribution < -0.4 is 10.5 Å². The average Bonchev–Trinajstić information content (AvgIpc) is 2.54. The van der Waals surface area contributed by atoms with Crippen molar-refractivity contribution in [3.05, 3.63) is 65.5 Å². The van der Waals surface area contributed by atoms with Crippen LogP contribution in [0.1, 0.15) is 31.1 Å². The molecule has 128 valence electrons. The minimum Gasteiger partial charge on any atom is -0.482 e. The highest BCUT2D eigenvalue weighted by Crippen LogP contribution is 2.29. The maximum atomic E-state index is 14.4. The van der Waals surface area contributed by atoms with Crippen LogP contribution in [-0.4, -0.2) is 18.1 Å². The van der Waals surface area contributed by atoms with Gasteiger partial charge in [0.05, 0.1) is 0 Å². The van der Waals surface area contributed by atoms with Crippen molar-refractivity contribution in [1.29, 1.82) is 0 Å². The van der Waals surface area contributed by atoms with Gasteiger partial charge in [0, 0.05) is 5.56 Å². The van der Waals surface area contributed by atoms with Gasteiger partial charge in [-0.3, -0.25) is 4.79 Å². The lowest BCUT2D eigenvalue weighted by Gasteiger charge is -2.26. The number of carbonyl (C=O) groups is 1. The molecule has 0 aliphatic heterocycles. The molecule has 0 amide bonds. The van der Waals surface area contributed by atoms with E-state index in [-0.39, 0.29) is 0 Å². The largest absolute Gasteiger partial charge is 0.482 e. The van der Waals surface area contributed by atoms with Crippen LogP contribution in [0.15, 0.2) is 48.5 Å². The first-order chi connectivity index (χ1) is 11.4. The van der Waals surface area contributed by atoms with Crippen molar-refractivity contribution in [2.75, 3.05) is 0 Å². The standard InChI is InChI=1S/C19H22FNO3/c1-12-9-10-16(17(20)11-12)18(14(3)23-19(22)13(2)21)24-15-7-5-4-6-8-15/h4-11,13-14,18H,21H2,1-3H3/t13-,14-,18-/m0/s1. The summed E-state index contributed by atoms with van der Waals surface area (Å²) in [4.78, 5) is 11.8. The third-order valence-electron chi connectivity index (χ3n) is 3.57. The van der Waals surface area contributed by atoms with Gasteiger partial charge >= 0.3 is 5.97 Å². The van der Waals surface area contributed by atoms with Crippen LogP contribution in [0.3, 0.4) is 0 Å². The number of carbonyl (C=O) groups excluding carboxylic acids is 1. The fourth-order valence-electron chi connectivity index (χ4n) is 2.27. The second-order valence-corrected chi connectivity index (χ2v) is 5.81. The van der Waals surface area contributed by atoms with Gasteiger partial charge in [-0.1, -0.05) is 30.3 Å². The SMILES string of the molecule is Cc1ccc([C@@H](Oc2ccccc2)[C@H](C)OC(=O)[C@H](C)N)c(F)c1. The predicted molar refractivity (Wildman–Crippen MR) is 90.2 cm³/mol. The number of aryl methyl sites for hydroxylation is 1. The van der Waals surface area contributed by atoms with Gasteiger partial charge < -0.3 is 15.2 Å². The van der Waals surface area contributed by atoms with Crippen molar-refractivity contribution < 1.29 is 18.7 Å². The Morgan fingerprint density at radius 2 is 1.79 bits per heavy atom. The molecule has 2 N–H and O–H groups in total. The van der Waals surface area contributed by atoms with Crippen molar-refractivity contribution in [3.63, 3.8) is 0 Å². The quantitative estimate of drug-likeness (QED) is 0.823. The smallest absolute Gasteiger partial charge is 0.323 e. The van der Waals surface area contributed by atoms with E-state index < -0.39 is 30.0 Å². The van der Waals surface area contributed by atoms with Crippen LogP contribution in [0.4, 0.5) is 4.39 Å². The molecular formula is C19H22FNO3. The van der Waals surface area contributed by atoms with Gasteiger partial charge in [-0.15, -0.1) is 0 Å². The van der Waals surface area contributed by atoms with Crippen molar-refractivity contribution in [3.8, 4) is 5.75 Å². The lowest BCUT2D eigenvalue weighted by molar-refractivity contribution is -0.154. The van der Waals surface area contributed by atoms with E-state index in [1.54, 1.807) is 38.1 Å².